The number of hydrogen-bond acceptors (Lipinski definition) is 7. The first-order chi connectivity index (χ1) is 17.1. The van der Waals surface area contributed by atoms with Crippen LogP contribution in [0.4, 0.5) is 24.7 Å². The maximum absolute atomic E-state index is 15.3. The summed E-state index contributed by atoms with van der Waals surface area (Å²) < 4.78 is 60.3. The summed E-state index contributed by atoms with van der Waals surface area (Å²) in [6, 6.07) is 6.92. The van der Waals surface area contributed by atoms with Gasteiger partial charge in [0.15, 0.2) is 0 Å². The van der Waals surface area contributed by atoms with E-state index in [1.54, 1.807) is 26.2 Å². The number of hydrogen-bond donors (Lipinski definition) is 2. The molecule has 0 saturated carbocycles. The fourth-order valence-electron chi connectivity index (χ4n) is 4.70. The number of nitrogens with one attached hydrogen (secondary N) is 1. The van der Waals surface area contributed by atoms with Crippen molar-refractivity contribution in [3.8, 4) is 0 Å². The molecule has 194 valence electrons. The van der Waals surface area contributed by atoms with Crippen LogP contribution in [0.5, 0.6) is 0 Å². The zero-order valence-corrected chi connectivity index (χ0v) is 20.8. The van der Waals surface area contributed by atoms with Crippen molar-refractivity contribution in [2.75, 3.05) is 45.1 Å². The number of anilines is 2. The number of aromatic nitrogens is 2. The molecule has 10 heteroatoms. The van der Waals surface area contributed by atoms with Gasteiger partial charge >= 0.3 is 0 Å². The molecule has 36 heavy (non-hydrogen) atoms. The van der Waals surface area contributed by atoms with Crippen molar-refractivity contribution in [1.82, 2.24) is 9.97 Å². The molecular weight excluding hydrogens is 473 g/mol. The van der Waals surface area contributed by atoms with E-state index in [2.05, 4.69) is 20.0 Å². The Kier molecular flexibility index (Phi) is 7.40. The van der Waals surface area contributed by atoms with E-state index in [1.807, 2.05) is 6.92 Å². The van der Waals surface area contributed by atoms with Gasteiger partial charge in [0.2, 0.25) is 0 Å². The van der Waals surface area contributed by atoms with Crippen LogP contribution in [0.2, 0.25) is 0 Å². The van der Waals surface area contributed by atoms with E-state index in [0.29, 0.717) is 59.7 Å². The molecule has 1 aliphatic rings. The van der Waals surface area contributed by atoms with Crippen LogP contribution in [0.25, 0.3) is 10.9 Å². The molecule has 0 spiro atoms. The van der Waals surface area contributed by atoms with Crippen molar-refractivity contribution in [3.05, 3.63) is 58.7 Å². The average molecular weight is 505 g/mol. The van der Waals surface area contributed by atoms with E-state index in [1.165, 1.54) is 25.3 Å². The van der Waals surface area contributed by atoms with Crippen molar-refractivity contribution in [3.63, 3.8) is 0 Å². The lowest BCUT2D eigenvalue weighted by atomic mass is 9.85. The molecule has 1 fully saturated rings. The van der Waals surface area contributed by atoms with Crippen molar-refractivity contribution >= 4 is 22.4 Å². The van der Waals surface area contributed by atoms with Crippen LogP contribution < -0.4 is 11.1 Å². The maximum Gasteiger partial charge on any atom is 0.296 e. The number of ether oxygens (including phenoxy) is 3. The summed E-state index contributed by atoms with van der Waals surface area (Å²) in [6.07, 6.45) is 1.03. The molecule has 1 aromatic heterocycles. The number of benzene rings is 2. The standard InChI is InChI=1S/C26H31F3N4O3/c1-15(17-9-18(11-19(30)10-17)26(28,29)14-34-3)31-24-20-12-21(25(35-4)5-7-36-8-6-25)22(27)13-23(20)32-16(2)33-24/h9-13,15H,5-8,14,30H2,1-4H3,(H,31,32,33)/t15-/m1/s1. The Balaban J connectivity index is 1.75. The Bertz CT molecular complexity index is 1250. The van der Waals surface area contributed by atoms with Gasteiger partial charge in [0.1, 0.15) is 24.1 Å². The number of halogens is 3. The first-order valence-electron chi connectivity index (χ1n) is 11.7. The minimum atomic E-state index is -3.19. The molecule has 1 saturated heterocycles. The van der Waals surface area contributed by atoms with Crippen molar-refractivity contribution in [1.29, 1.82) is 0 Å². The molecule has 0 amide bonds. The van der Waals surface area contributed by atoms with Gasteiger partial charge in [0.05, 0.1) is 17.2 Å². The molecule has 0 radical (unpaired) electrons. The normalized spacial score (nSPS) is 16.8. The first kappa shape index (κ1) is 26.1. The van der Waals surface area contributed by atoms with E-state index < -0.39 is 30.0 Å². The summed E-state index contributed by atoms with van der Waals surface area (Å²) in [7, 11) is 2.79. The minimum Gasteiger partial charge on any atom is -0.399 e. The number of alkyl halides is 2. The summed E-state index contributed by atoms with van der Waals surface area (Å²) in [5.41, 5.74) is 6.50. The van der Waals surface area contributed by atoms with Crippen LogP contribution in [0.1, 0.15) is 48.3 Å². The molecule has 1 atom stereocenters. The topological polar surface area (TPSA) is 91.5 Å². The number of nitrogens with zero attached hydrogens (tertiary/aromatic N) is 2. The van der Waals surface area contributed by atoms with Gasteiger partial charge in [-0.05, 0) is 43.7 Å². The van der Waals surface area contributed by atoms with Crippen LogP contribution in [-0.4, -0.2) is 44.0 Å². The second kappa shape index (κ2) is 10.2. The Morgan fingerprint density at radius 2 is 1.86 bits per heavy atom. The van der Waals surface area contributed by atoms with Crippen LogP contribution >= 0.6 is 0 Å². The second-order valence-electron chi connectivity index (χ2n) is 9.17. The van der Waals surface area contributed by atoms with Crippen LogP contribution in [0.3, 0.4) is 0 Å². The number of nitrogen functional groups attached to an aromatic ring is 1. The zero-order chi connectivity index (χ0) is 26.1. The molecule has 0 bridgehead atoms. The second-order valence-corrected chi connectivity index (χ2v) is 9.17. The molecule has 0 aliphatic carbocycles. The molecule has 3 N–H and O–H groups in total. The molecule has 0 unspecified atom stereocenters. The summed E-state index contributed by atoms with van der Waals surface area (Å²) in [5.74, 6) is -2.71. The van der Waals surface area contributed by atoms with Gasteiger partial charge in [0, 0.05) is 68.5 Å². The number of aryl methyl sites for hydroxylation is 1. The predicted octanol–water partition coefficient (Wildman–Crippen LogP) is 5.22. The largest absolute Gasteiger partial charge is 0.399 e. The molecule has 4 rings (SSSR count). The summed E-state index contributed by atoms with van der Waals surface area (Å²) in [6.45, 7) is 3.69. The molecular formula is C26H31F3N4O3. The van der Waals surface area contributed by atoms with Gasteiger partial charge in [-0.1, -0.05) is 0 Å². The first-order valence-corrected chi connectivity index (χ1v) is 11.7. The van der Waals surface area contributed by atoms with Gasteiger partial charge in [-0.25, -0.2) is 14.4 Å². The number of rotatable bonds is 8. The van der Waals surface area contributed by atoms with Gasteiger partial charge in [0.25, 0.3) is 5.92 Å². The molecule has 3 aromatic rings. The van der Waals surface area contributed by atoms with Gasteiger partial charge in [-0.15, -0.1) is 0 Å². The highest BCUT2D eigenvalue weighted by Gasteiger charge is 2.37. The van der Waals surface area contributed by atoms with E-state index in [9.17, 15) is 8.78 Å². The lowest BCUT2D eigenvalue weighted by Crippen LogP contribution is -2.36. The quantitative estimate of drug-likeness (QED) is 0.406. The summed E-state index contributed by atoms with van der Waals surface area (Å²) in [5, 5.41) is 3.89. The summed E-state index contributed by atoms with van der Waals surface area (Å²) in [4.78, 5) is 8.95. The Labute approximate surface area is 208 Å². The average Bonchev–Trinajstić information content (AvgIpc) is 2.83. The highest BCUT2D eigenvalue weighted by molar-refractivity contribution is 5.90. The smallest absolute Gasteiger partial charge is 0.296 e. The minimum absolute atomic E-state index is 0.210. The van der Waals surface area contributed by atoms with Crippen LogP contribution in [0, 0.1) is 12.7 Å². The molecule has 7 nitrogen and oxygen atoms in total. The van der Waals surface area contributed by atoms with Crippen molar-refractivity contribution in [2.45, 2.75) is 44.3 Å². The van der Waals surface area contributed by atoms with E-state index >= 15 is 4.39 Å². The highest BCUT2D eigenvalue weighted by Crippen LogP contribution is 2.40. The van der Waals surface area contributed by atoms with E-state index in [4.69, 9.17) is 15.2 Å². The fourth-order valence-corrected chi connectivity index (χ4v) is 4.70. The fraction of sp³-hybridized carbons (Fsp3) is 0.462. The maximum atomic E-state index is 15.3. The molecule has 1 aliphatic heterocycles. The zero-order valence-electron chi connectivity index (χ0n) is 20.8. The van der Waals surface area contributed by atoms with Crippen LogP contribution in [-0.2, 0) is 25.7 Å². The molecule has 2 aromatic carbocycles. The lowest BCUT2D eigenvalue weighted by molar-refractivity contribution is -0.0964. The Morgan fingerprint density at radius 1 is 1.14 bits per heavy atom. The number of methoxy groups -OCH3 is 2. The predicted molar refractivity (Wildman–Crippen MR) is 132 cm³/mol. The highest BCUT2D eigenvalue weighted by atomic mass is 19.3. The van der Waals surface area contributed by atoms with Gasteiger partial charge < -0.3 is 25.3 Å². The number of nitrogens with two attached hydrogens (primary N) is 1. The van der Waals surface area contributed by atoms with Crippen molar-refractivity contribution in [2.24, 2.45) is 0 Å². The van der Waals surface area contributed by atoms with E-state index in [0.717, 1.165) is 0 Å². The lowest BCUT2D eigenvalue weighted by Gasteiger charge is -2.36. The van der Waals surface area contributed by atoms with Gasteiger partial charge in [-0.3, -0.25) is 0 Å². The third-order valence-corrected chi connectivity index (χ3v) is 6.66. The Morgan fingerprint density at radius 3 is 2.53 bits per heavy atom. The third kappa shape index (κ3) is 5.11. The van der Waals surface area contributed by atoms with E-state index in [-0.39, 0.29) is 11.3 Å². The van der Waals surface area contributed by atoms with Gasteiger partial charge in [-0.2, -0.15) is 8.78 Å². The Hall–Kier alpha value is -2.95. The number of fused-ring (bicyclic) bond motifs is 1. The third-order valence-electron chi connectivity index (χ3n) is 6.66. The summed E-state index contributed by atoms with van der Waals surface area (Å²) >= 11 is 0. The van der Waals surface area contributed by atoms with Crippen LogP contribution in [0.15, 0.2) is 30.3 Å². The monoisotopic (exact) mass is 504 g/mol. The SMILES string of the molecule is COCC(F)(F)c1cc(N)cc([C@@H](C)Nc2nc(C)nc3cc(F)c(C4(OC)CCOCC4)cc23)c1. The molecule has 2 heterocycles. The van der Waals surface area contributed by atoms with Crippen molar-refractivity contribution < 1.29 is 27.4 Å².